The number of piperidine rings is 1. The lowest BCUT2D eigenvalue weighted by molar-refractivity contribution is -0.125. The monoisotopic (exact) mass is 357 g/mol. The van der Waals surface area contributed by atoms with Crippen LogP contribution < -0.4 is 10.3 Å². The molecule has 0 aliphatic carbocycles. The van der Waals surface area contributed by atoms with Gasteiger partial charge in [0.1, 0.15) is 12.6 Å². The topological polar surface area (TPSA) is 86.8 Å². The molecule has 1 aromatic rings. The van der Waals surface area contributed by atoms with E-state index in [4.69, 9.17) is 0 Å². The summed E-state index contributed by atoms with van der Waals surface area (Å²) in [5.41, 5.74) is 5.16. The number of benzene rings is 1. The Balaban J connectivity index is 1.69. The lowest BCUT2D eigenvalue weighted by atomic mass is 9.97. The molecule has 2 aliphatic rings. The van der Waals surface area contributed by atoms with Gasteiger partial charge in [-0.25, -0.2) is 5.01 Å². The van der Waals surface area contributed by atoms with Gasteiger partial charge in [0.05, 0.1) is 6.54 Å². The van der Waals surface area contributed by atoms with Gasteiger partial charge in [0.15, 0.2) is 0 Å². The highest BCUT2D eigenvalue weighted by molar-refractivity contribution is 6.01. The van der Waals surface area contributed by atoms with Crippen molar-refractivity contribution in [2.24, 2.45) is 5.92 Å². The summed E-state index contributed by atoms with van der Waals surface area (Å²) in [6.07, 6.45) is 4.47. The van der Waals surface area contributed by atoms with Gasteiger partial charge in [0.25, 0.3) is 5.91 Å². The zero-order valence-corrected chi connectivity index (χ0v) is 14.6. The normalized spacial score (nSPS) is 17.2. The SMILES string of the molecule is O=CCCCC(=O)NN1Cc2c(cccc2N2CCC(C=O)CC2)C1=O. The summed E-state index contributed by atoms with van der Waals surface area (Å²) in [6.45, 7) is 1.90. The molecule has 1 saturated heterocycles. The molecule has 0 bridgehead atoms. The standard InChI is InChI=1S/C19H23N3O4/c23-11-2-1-6-18(25)20-22-12-16-15(19(22)26)4-3-5-17(16)21-9-7-14(13-24)8-10-21/h3-5,11,13-14H,1-2,6-10,12H2,(H,20,25). The van der Waals surface area contributed by atoms with Crippen LogP contribution in [0.15, 0.2) is 18.2 Å². The van der Waals surface area contributed by atoms with Crippen molar-refractivity contribution in [3.8, 4) is 0 Å². The first-order chi connectivity index (χ1) is 12.6. The maximum Gasteiger partial charge on any atom is 0.273 e. The maximum atomic E-state index is 12.6. The van der Waals surface area contributed by atoms with Crippen LogP contribution in [0.2, 0.25) is 0 Å². The number of nitrogens with one attached hydrogen (secondary N) is 1. The molecule has 26 heavy (non-hydrogen) atoms. The average Bonchev–Trinajstić information content (AvgIpc) is 2.98. The van der Waals surface area contributed by atoms with Gasteiger partial charge in [0, 0.05) is 48.7 Å². The van der Waals surface area contributed by atoms with Gasteiger partial charge in [-0.3, -0.25) is 15.0 Å². The molecular formula is C19H23N3O4. The summed E-state index contributed by atoms with van der Waals surface area (Å²) in [5.74, 6) is -0.360. The molecule has 0 radical (unpaired) electrons. The van der Waals surface area contributed by atoms with Crippen LogP contribution in [-0.2, 0) is 20.9 Å². The van der Waals surface area contributed by atoms with E-state index >= 15 is 0 Å². The van der Waals surface area contributed by atoms with E-state index in [0.717, 1.165) is 49.8 Å². The molecule has 0 unspecified atom stereocenters. The first-order valence-corrected chi connectivity index (χ1v) is 9.01. The second-order valence-corrected chi connectivity index (χ2v) is 6.75. The zero-order valence-electron chi connectivity index (χ0n) is 14.6. The van der Waals surface area contributed by atoms with E-state index < -0.39 is 0 Å². The molecule has 1 aromatic carbocycles. The van der Waals surface area contributed by atoms with E-state index in [1.165, 1.54) is 5.01 Å². The first kappa shape index (κ1) is 18.1. The minimum atomic E-state index is -0.263. The molecule has 2 aliphatic heterocycles. The lowest BCUT2D eigenvalue weighted by Crippen LogP contribution is -2.42. The number of carbonyl (C=O) groups is 4. The number of hydrogen-bond donors (Lipinski definition) is 1. The number of aldehydes is 2. The number of unbranched alkanes of at least 4 members (excludes halogenated alkanes) is 1. The second kappa shape index (κ2) is 8.12. The van der Waals surface area contributed by atoms with Crippen LogP contribution in [-0.4, -0.2) is 42.5 Å². The molecular weight excluding hydrogens is 334 g/mol. The largest absolute Gasteiger partial charge is 0.371 e. The highest BCUT2D eigenvalue weighted by atomic mass is 16.2. The Morgan fingerprint density at radius 3 is 2.69 bits per heavy atom. The van der Waals surface area contributed by atoms with Crippen LogP contribution in [0.4, 0.5) is 5.69 Å². The van der Waals surface area contributed by atoms with Crippen molar-refractivity contribution >= 4 is 30.1 Å². The van der Waals surface area contributed by atoms with E-state index in [9.17, 15) is 19.2 Å². The Bertz CT molecular complexity index is 711. The number of fused-ring (bicyclic) bond motifs is 1. The van der Waals surface area contributed by atoms with Crippen LogP contribution in [0.1, 0.15) is 48.0 Å². The van der Waals surface area contributed by atoms with Gasteiger partial charge in [-0.15, -0.1) is 0 Å². The van der Waals surface area contributed by atoms with Crippen molar-refractivity contribution in [2.75, 3.05) is 18.0 Å². The minimum absolute atomic E-state index is 0.117. The molecule has 2 heterocycles. The van der Waals surface area contributed by atoms with Crippen molar-refractivity contribution in [3.63, 3.8) is 0 Å². The van der Waals surface area contributed by atoms with Crippen LogP contribution in [0.3, 0.4) is 0 Å². The van der Waals surface area contributed by atoms with Crippen molar-refractivity contribution in [3.05, 3.63) is 29.3 Å². The lowest BCUT2D eigenvalue weighted by Gasteiger charge is -2.32. The fraction of sp³-hybridized carbons (Fsp3) is 0.474. The number of rotatable bonds is 7. The van der Waals surface area contributed by atoms with Gasteiger partial charge in [-0.2, -0.15) is 0 Å². The zero-order chi connectivity index (χ0) is 18.5. The molecule has 0 spiro atoms. The van der Waals surface area contributed by atoms with Gasteiger partial charge in [-0.05, 0) is 31.4 Å². The summed E-state index contributed by atoms with van der Waals surface area (Å²) in [5, 5.41) is 1.34. The molecule has 0 atom stereocenters. The molecule has 2 amide bonds. The average molecular weight is 357 g/mol. The quantitative estimate of drug-likeness (QED) is 0.590. The Morgan fingerprint density at radius 2 is 2.00 bits per heavy atom. The van der Waals surface area contributed by atoms with Crippen molar-refractivity contribution in [1.82, 2.24) is 10.4 Å². The fourth-order valence-electron chi connectivity index (χ4n) is 3.53. The van der Waals surface area contributed by atoms with Crippen LogP contribution >= 0.6 is 0 Å². The van der Waals surface area contributed by atoms with Gasteiger partial charge >= 0.3 is 0 Å². The fourth-order valence-corrected chi connectivity index (χ4v) is 3.53. The molecule has 7 nitrogen and oxygen atoms in total. The van der Waals surface area contributed by atoms with Gasteiger partial charge in [0.2, 0.25) is 5.91 Å². The molecule has 138 valence electrons. The molecule has 0 saturated carbocycles. The molecule has 1 fully saturated rings. The number of hydrazine groups is 1. The van der Waals surface area contributed by atoms with Crippen molar-refractivity contribution in [2.45, 2.75) is 38.6 Å². The van der Waals surface area contributed by atoms with Crippen LogP contribution in [0.25, 0.3) is 0 Å². The molecule has 0 aromatic heterocycles. The number of nitrogens with zero attached hydrogens (tertiary/aromatic N) is 2. The van der Waals surface area contributed by atoms with Gasteiger partial charge < -0.3 is 14.5 Å². The third-order valence-corrected chi connectivity index (χ3v) is 5.00. The highest BCUT2D eigenvalue weighted by Crippen LogP contribution is 2.33. The predicted molar refractivity (Wildman–Crippen MR) is 95.4 cm³/mol. The summed E-state index contributed by atoms with van der Waals surface area (Å²) in [7, 11) is 0. The first-order valence-electron chi connectivity index (χ1n) is 9.01. The van der Waals surface area contributed by atoms with Crippen LogP contribution in [0.5, 0.6) is 0 Å². The Labute approximate surface area is 152 Å². The third-order valence-electron chi connectivity index (χ3n) is 5.00. The Morgan fingerprint density at radius 1 is 1.23 bits per heavy atom. The highest BCUT2D eigenvalue weighted by Gasteiger charge is 2.32. The summed E-state index contributed by atoms with van der Waals surface area (Å²) >= 11 is 0. The number of hydrogen-bond acceptors (Lipinski definition) is 5. The predicted octanol–water partition coefficient (Wildman–Crippen LogP) is 1.46. The van der Waals surface area contributed by atoms with E-state index in [-0.39, 0.29) is 24.2 Å². The number of carbonyl (C=O) groups excluding carboxylic acids is 4. The van der Waals surface area contributed by atoms with E-state index in [1.54, 1.807) is 6.07 Å². The third kappa shape index (κ3) is 3.76. The molecule has 7 heteroatoms. The number of amides is 2. The minimum Gasteiger partial charge on any atom is -0.371 e. The van der Waals surface area contributed by atoms with Crippen molar-refractivity contribution < 1.29 is 19.2 Å². The smallest absolute Gasteiger partial charge is 0.273 e. The van der Waals surface area contributed by atoms with E-state index in [0.29, 0.717) is 24.9 Å². The maximum absolute atomic E-state index is 12.6. The summed E-state index contributed by atoms with van der Waals surface area (Å²) in [4.78, 5) is 48.0. The van der Waals surface area contributed by atoms with E-state index in [1.807, 2.05) is 12.1 Å². The summed E-state index contributed by atoms with van der Waals surface area (Å²) in [6, 6.07) is 5.62. The van der Waals surface area contributed by atoms with Crippen LogP contribution in [0, 0.1) is 5.92 Å². The second-order valence-electron chi connectivity index (χ2n) is 6.75. The van der Waals surface area contributed by atoms with Gasteiger partial charge in [-0.1, -0.05) is 6.07 Å². The van der Waals surface area contributed by atoms with E-state index in [2.05, 4.69) is 10.3 Å². The number of anilines is 1. The summed E-state index contributed by atoms with van der Waals surface area (Å²) < 4.78 is 0. The molecule has 3 rings (SSSR count). The molecule has 1 N–H and O–H groups in total. The Hall–Kier alpha value is -2.70. The van der Waals surface area contributed by atoms with Crippen molar-refractivity contribution in [1.29, 1.82) is 0 Å². The Kier molecular flexibility index (Phi) is 5.65.